The Morgan fingerprint density at radius 3 is 2.56 bits per heavy atom. The lowest BCUT2D eigenvalue weighted by Crippen LogP contribution is -2.53. The van der Waals surface area contributed by atoms with Gasteiger partial charge in [0, 0.05) is 44.7 Å². The molecule has 0 spiro atoms. The molecule has 4 rings (SSSR count). The third kappa shape index (κ3) is 4.44. The third-order valence-corrected chi connectivity index (χ3v) is 8.74. The first-order valence-electron chi connectivity index (χ1n) is 10.8. The standard InChI is InChI=1S/C22H27F3N2O4S/c1-32(29,30)21(8-4-19(13-21)26-18-6-10-31-11-7-18)20(28)27-9-5-15-2-3-17(22(23,24)25)12-16(15)14-27/h2-3,12,18H,4-11,13-14H2,1H3. The third-order valence-electron chi connectivity index (χ3n) is 6.80. The van der Waals surface area contributed by atoms with Gasteiger partial charge >= 0.3 is 6.18 Å². The number of rotatable bonds is 3. The summed E-state index contributed by atoms with van der Waals surface area (Å²) in [7, 11) is -3.77. The van der Waals surface area contributed by atoms with Crippen molar-refractivity contribution in [3.8, 4) is 0 Å². The average Bonchev–Trinajstić information content (AvgIpc) is 3.17. The molecular weight excluding hydrogens is 445 g/mol. The fourth-order valence-corrected chi connectivity index (χ4v) is 6.24. The van der Waals surface area contributed by atoms with Gasteiger partial charge in [-0.1, -0.05) is 6.07 Å². The molecule has 0 aromatic heterocycles. The molecule has 2 heterocycles. The number of carbonyl (C=O) groups excluding carboxylic acids is 1. The van der Waals surface area contributed by atoms with Gasteiger partial charge in [-0.05, 0) is 55.4 Å². The van der Waals surface area contributed by atoms with Crippen LogP contribution in [0.25, 0.3) is 0 Å². The molecule has 1 amide bonds. The molecule has 1 saturated heterocycles. The van der Waals surface area contributed by atoms with E-state index in [1.54, 1.807) is 0 Å². The Labute approximate surface area is 185 Å². The zero-order valence-electron chi connectivity index (χ0n) is 18.0. The monoisotopic (exact) mass is 472 g/mol. The quantitative estimate of drug-likeness (QED) is 0.677. The van der Waals surface area contributed by atoms with Crippen molar-refractivity contribution in [2.24, 2.45) is 4.99 Å². The molecule has 3 aliphatic rings. The number of amides is 1. The number of carbonyl (C=O) groups is 1. The molecule has 1 saturated carbocycles. The lowest BCUT2D eigenvalue weighted by Gasteiger charge is -2.36. The fraction of sp³-hybridized carbons (Fsp3) is 0.636. The van der Waals surface area contributed by atoms with Crippen molar-refractivity contribution < 1.29 is 31.1 Å². The minimum Gasteiger partial charge on any atom is -0.381 e. The Bertz CT molecular complexity index is 1030. The molecule has 10 heteroatoms. The molecule has 1 unspecified atom stereocenters. The van der Waals surface area contributed by atoms with Gasteiger partial charge in [-0.15, -0.1) is 0 Å². The van der Waals surface area contributed by atoms with Crippen molar-refractivity contribution in [2.45, 2.75) is 62.0 Å². The molecule has 1 aromatic rings. The highest BCUT2D eigenvalue weighted by Gasteiger charge is 2.54. The molecule has 2 fully saturated rings. The van der Waals surface area contributed by atoms with Crippen molar-refractivity contribution in [1.82, 2.24) is 4.90 Å². The number of halogens is 3. The van der Waals surface area contributed by atoms with E-state index in [0.29, 0.717) is 31.6 Å². The summed E-state index contributed by atoms with van der Waals surface area (Å²) in [6.45, 7) is 1.48. The van der Waals surface area contributed by atoms with E-state index in [9.17, 15) is 26.4 Å². The first kappa shape index (κ1) is 23.2. The maximum atomic E-state index is 13.5. The SMILES string of the molecule is CS(=O)(=O)C1(C(=O)N2CCc3ccc(C(F)(F)F)cc3C2)CCC(=NC2CCOCC2)C1. The summed E-state index contributed by atoms with van der Waals surface area (Å²) in [6, 6.07) is 3.63. The summed E-state index contributed by atoms with van der Waals surface area (Å²) < 4.78 is 68.8. The van der Waals surface area contributed by atoms with E-state index < -0.39 is 32.2 Å². The summed E-state index contributed by atoms with van der Waals surface area (Å²) in [5.74, 6) is -0.528. The maximum Gasteiger partial charge on any atom is 0.416 e. The number of fused-ring (bicyclic) bond motifs is 1. The van der Waals surface area contributed by atoms with Crippen LogP contribution in [0.1, 0.15) is 48.8 Å². The van der Waals surface area contributed by atoms with Gasteiger partial charge in [-0.25, -0.2) is 8.42 Å². The molecular formula is C22H27F3N2O4S. The molecule has 1 aromatic carbocycles. The van der Waals surface area contributed by atoms with Crippen LogP contribution < -0.4 is 0 Å². The van der Waals surface area contributed by atoms with Crippen LogP contribution in [0.3, 0.4) is 0 Å². The van der Waals surface area contributed by atoms with Crippen LogP contribution in [-0.4, -0.2) is 61.7 Å². The molecule has 32 heavy (non-hydrogen) atoms. The normalized spacial score (nSPS) is 26.4. The first-order chi connectivity index (χ1) is 15.0. The van der Waals surface area contributed by atoms with Crippen molar-refractivity contribution in [3.05, 3.63) is 34.9 Å². The molecule has 176 valence electrons. The van der Waals surface area contributed by atoms with Gasteiger partial charge in [0.2, 0.25) is 5.91 Å². The number of hydrogen-bond donors (Lipinski definition) is 0. The smallest absolute Gasteiger partial charge is 0.381 e. The van der Waals surface area contributed by atoms with Crippen LogP contribution in [0.2, 0.25) is 0 Å². The predicted octanol–water partition coefficient (Wildman–Crippen LogP) is 3.18. The van der Waals surface area contributed by atoms with E-state index in [2.05, 4.69) is 0 Å². The second kappa shape index (κ2) is 8.44. The summed E-state index contributed by atoms with van der Waals surface area (Å²) in [4.78, 5) is 19.7. The molecule has 2 aliphatic heterocycles. The zero-order chi connectivity index (χ0) is 23.1. The second-order valence-corrected chi connectivity index (χ2v) is 11.3. The Morgan fingerprint density at radius 2 is 1.91 bits per heavy atom. The fourth-order valence-electron chi connectivity index (χ4n) is 4.89. The Balaban J connectivity index is 1.58. The van der Waals surface area contributed by atoms with Crippen molar-refractivity contribution >= 4 is 21.5 Å². The van der Waals surface area contributed by atoms with Gasteiger partial charge in [0.25, 0.3) is 0 Å². The van der Waals surface area contributed by atoms with E-state index in [1.165, 1.54) is 11.0 Å². The number of alkyl halides is 3. The van der Waals surface area contributed by atoms with Gasteiger partial charge in [-0.2, -0.15) is 13.2 Å². The largest absolute Gasteiger partial charge is 0.416 e. The van der Waals surface area contributed by atoms with Gasteiger partial charge in [0.15, 0.2) is 14.6 Å². The number of sulfone groups is 1. The lowest BCUT2D eigenvalue weighted by molar-refractivity contribution is -0.137. The van der Waals surface area contributed by atoms with E-state index in [1.807, 2.05) is 0 Å². The highest BCUT2D eigenvalue weighted by molar-refractivity contribution is 7.93. The summed E-state index contributed by atoms with van der Waals surface area (Å²) >= 11 is 0. The summed E-state index contributed by atoms with van der Waals surface area (Å²) in [5.41, 5.74) is 1.13. The van der Waals surface area contributed by atoms with Crippen molar-refractivity contribution in [1.29, 1.82) is 0 Å². The van der Waals surface area contributed by atoms with Crippen molar-refractivity contribution in [3.63, 3.8) is 0 Å². The molecule has 0 bridgehead atoms. The number of aliphatic imine (C=N–C) groups is 1. The van der Waals surface area contributed by atoms with Crippen LogP contribution >= 0.6 is 0 Å². The molecule has 1 atom stereocenters. The van der Waals surface area contributed by atoms with Crippen LogP contribution in [-0.2, 0) is 38.5 Å². The topological polar surface area (TPSA) is 76.0 Å². The maximum absolute atomic E-state index is 13.5. The van der Waals surface area contributed by atoms with Gasteiger partial charge in [0.1, 0.15) is 0 Å². The van der Waals surface area contributed by atoms with Crippen LogP contribution in [0.5, 0.6) is 0 Å². The molecule has 0 N–H and O–H groups in total. The number of ether oxygens (including phenoxy) is 1. The molecule has 1 aliphatic carbocycles. The number of nitrogens with zero attached hydrogens (tertiary/aromatic N) is 2. The predicted molar refractivity (Wildman–Crippen MR) is 113 cm³/mol. The van der Waals surface area contributed by atoms with Crippen molar-refractivity contribution in [2.75, 3.05) is 26.0 Å². The van der Waals surface area contributed by atoms with Crippen LogP contribution in [0.4, 0.5) is 13.2 Å². The summed E-state index contributed by atoms with van der Waals surface area (Å²) in [6.07, 6.45) is -0.840. The lowest BCUT2D eigenvalue weighted by atomic mass is 9.95. The highest BCUT2D eigenvalue weighted by Crippen LogP contribution is 2.39. The highest BCUT2D eigenvalue weighted by atomic mass is 32.2. The van der Waals surface area contributed by atoms with Crippen LogP contribution in [0.15, 0.2) is 23.2 Å². The van der Waals surface area contributed by atoms with Gasteiger partial charge < -0.3 is 9.64 Å². The Kier molecular flexibility index (Phi) is 6.13. The Morgan fingerprint density at radius 1 is 1.19 bits per heavy atom. The van der Waals surface area contributed by atoms with Gasteiger partial charge in [-0.3, -0.25) is 9.79 Å². The summed E-state index contributed by atoms with van der Waals surface area (Å²) in [5, 5.41) is 0. The second-order valence-electron chi connectivity index (χ2n) is 8.94. The van der Waals surface area contributed by atoms with E-state index >= 15 is 0 Å². The molecule has 6 nitrogen and oxygen atoms in total. The van der Waals surface area contributed by atoms with E-state index in [-0.39, 0.29) is 32.0 Å². The minimum atomic E-state index is -4.48. The van der Waals surface area contributed by atoms with Gasteiger partial charge in [0.05, 0.1) is 11.6 Å². The first-order valence-corrected chi connectivity index (χ1v) is 12.7. The number of benzene rings is 1. The zero-order valence-corrected chi connectivity index (χ0v) is 18.8. The van der Waals surface area contributed by atoms with E-state index in [0.717, 1.165) is 42.5 Å². The average molecular weight is 473 g/mol. The van der Waals surface area contributed by atoms with Crippen LogP contribution in [0, 0.1) is 0 Å². The minimum absolute atomic E-state index is 0.0260. The van der Waals surface area contributed by atoms with E-state index in [4.69, 9.17) is 9.73 Å². The molecule has 0 radical (unpaired) electrons. The number of hydrogen-bond acceptors (Lipinski definition) is 5. The Hall–Kier alpha value is -1.94.